The summed E-state index contributed by atoms with van der Waals surface area (Å²) in [5, 5.41) is 3.11. The third-order valence-corrected chi connectivity index (χ3v) is 18.6. The maximum absolute atomic E-state index is 12.3. The maximum Gasteiger partial charge on any atom is 0.469 e. The summed E-state index contributed by atoms with van der Waals surface area (Å²) in [6.45, 7) is 20.5. The fourth-order valence-corrected chi connectivity index (χ4v) is 18.3. The molecule has 0 aliphatic heterocycles. The van der Waals surface area contributed by atoms with Gasteiger partial charge in [-0.05, 0) is 101 Å². The number of carbonyl (C=O) groups is 1. The normalized spacial score (nSPS) is 15.0. The molecule has 1 amide bonds. The average Bonchev–Trinajstić information content (AvgIpc) is 2.49. The van der Waals surface area contributed by atoms with Gasteiger partial charge in [0.25, 0.3) is 0 Å². The fraction of sp³-hybridized carbons (Fsp3) is 0.952. The van der Waals surface area contributed by atoms with E-state index in [4.69, 9.17) is 12.3 Å². The highest BCUT2D eigenvalue weighted by molar-refractivity contribution is 14.1. The molecule has 0 aromatic heterocycles. The van der Waals surface area contributed by atoms with Gasteiger partial charge in [-0.15, -0.1) is 0 Å². The van der Waals surface area contributed by atoms with E-state index < -0.39 is 33.8 Å². The number of unbranched alkanes of at least 4 members (excludes halogenated alkanes) is 1. The Hall–Kier alpha value is 0.908. The van der Waals surface area contributed by atoms with Crippen molar-refractivity contribution in [3.8, 4) is 0 Å². The van der Waals surface area contributed by atoms with Crippen LogP contribution in [0.2, 0.25) is 65.0 Å². The van der Waals surface area contributed by atoms with Gasteiger partial charge in [0.1, 0.15) is 4.05 Å². The molecule has 0 saturated carbocycles. The van der Waals surface area contributed by atoms with Crippen LogP contribution in [0.4, 0.5) is 0 Å². The van der Waals surface area contributed by atoms with E-state index in [1.165, 1.54) is 0 Å². The molecule has 11 heteroatoms. The monoisotopic (exact) mass is 635 g/mol. The quantitative estimate of drug-likeness (QED) is 0.0564. The van der Waals surface area contributed by atoms with E-state index in [9.17, 15) is 4.79 Å². The highest BCUT2D eigenvalue weighted by Gasteiger charge is 2.49. The van der Waals surface area contributed by atoms with E-state index in [1.807, 2.05) is 0 Å². The van der Waals surface area contributed by atoms with Gasteiger partial charge in [0, 0.05) is 25.4 Å². The summed E-state index contributed by atoms with van der Waals surface area (Å²) < 4.78 is 21.6. The Morgan fingerprint density at radius 1 is 0.812 bits per heavy atom. The number of halogens is 1. The Morgan fingerprint density at radius 2 is 1.25 bits per heavy atom. The van der Waals surface area contributed by atoms with Crippen LogP contribution >= 0.6 is 22.6 Å². The van der Waals surface area contributed by atoms with Crippen LogP contribution < -0.4 is 5.32 Å². The number of alkyl halides is 1. The molecule has 1 atom stereocenters. The minimum Gasteiger partial charge on any atom is -0.417 e. The second-order valence-corrected chi connectivity index (χ2v) is 31.0. The molecule has 0 bridgehead atoms. The van der Waals surface area contributed by atoms with E-state index in [0.717, 1.165) is 36.2 Å². The van der Waals surface area contributed by atoms with Crippen molar-refractivity contribution in [2.24, 2.45) is 0 Å². The number of quaternary nitrogens is 1. The molecule has 192 valence electrons. The predicted molar refractivity (Wildman–Crippen MR) is 156 cm³/mol. The highest BCUT2D eigenvalue weighted by atomic mass is 127. The summed E-state index contributed by atoms with van der Waals surface area (Å²) in [7, 11) is -1.70. The third kappa shape index (κ3) is 17.4. The lowest BCUT2D eigenvalue weighted by molar-refractivity contribution is -0.876. The van der Waals surface area contributed by atoms with E-state index >= 15 is 0 Å². The number of hydrogen-bond acceptors (Lipinski definition) is 4. The molecule has 0 rings (SSSR count). The summed E-state index contributed by atoms with van der Waals surface area (Å²) in [4.78, 5) is 12.3. The second-order valence-electron chi connectivity index (χ2n) is 12.6. The SMILES string of the molecule is C[N+](C)(C)C(I)CCCCC(=O)NCCC[Si](O[Si](C)(C)C)(O[Si](C)(C)C)O[Si](C)(C)C. The molecule has 0 radical (unpaired) electrons. The van der Waals surface area contributed by atoms with Crippen LogP contribution in [0.25, 0.3) is 0 Å². The summed E-state index contributed by atoms with van der Waals surface area (Å²) in [6.07, 6.45) is 4.60. The van der Waals surface area contributed by atoms with Gasteiger partial charge in [-0.25, -0.2) is 0 Å². The van der Waals surface area contributed by atoms with Gasteiger partial charge in [-0.1, -0.05) is 0 Å². The molecule has 1 unspecified atom stereocenters. The lowest BCUT2D eigenvalue weighted by Crippen LogP contribution is -2.60. The van der Waals surface area contributed by atoms with E-state index in [2.05, 4.69) is 108 Å². The van der Waals surface area contributed by atoms with Crippen LogP contribution in [0.3, 0.4) is 0 Å². The molecule has 6 nitrogen and oxygen atoms in total. The maximum atomic E-state index is 12.3. The van der Waals surface area contributed by atoms with Crippen LogP contribution in [0.15, 0.2) is 0 Å². The first-order valence-electron chi connectivity index (χ1n) is 12.0. The molecule has 32 heavy (non-hydrogen) atoms. The first kappa shape index (κ1) is 32.9. The number of carbonyl (C=O) groups excluding carboxylic acids is 1. The lowest BCUT2D eigenvalue weighted by atomic mass is 10.1. The summed E-state index contributed by atoms with van der Waals surface area (Å²) >= 11 is 2.52. The fourth-order valence-electron chi connectivity index (χ4n) is 3.22. The largest absolute Gasteiger partial charge is 0.469 e. The van der Waals surface area contributed by atoms with Gasteiger partial charge in [0.05, 0.1) is 21.1 Å². The molecule has 0 spiro atoms. The third-order valence-electron chi connectivity index (χ3n) is 4.30. The molecule has 0 fully saturated rings. The van der Waals surface area contributed by atoms with Crippen LogP contribution in [0.5, 0.6) is 0 Å². The van der Waals surface area contributed by atoms with Gasteiger partial charge in [-0.3, -0.25) is 4.79 Å². The van der Waals surface area contributed by atoms with Crippen molar-refractivity contribution in [3.63, 3.8) is 0 Å². The topological polar surface area (TPSA) is 56.8 Å². The molecule has 1 N–H and O–H groups in total. The average molecular weight is 636 g/mol. The standard InChI is InChI=1S/C21H51IN2O4Si4/c1-24(2,3)20(22)16-13-14-17-21(25)23-18-15-19-32(26-29(4,5)6,27-30(7,8)9)28-31(10,11)12/h20H,13-19H2,1-12H3/p+1. The Bertz CT molecular complexity index is 529. The molecule has 0 aromatic carbocycles. The Kier molecular flexibility index (Phi) is 13.7. The lowest BCUT2D eigenvalue weighted by Gasteiger charge is -2.43. The van der Waals surface area contributed by atoms with Gasteiger partial charge in [-0.2, -0.15) is 0 Å². The summed E-state index contributed by atoms with van der Waals surface area (Å²) in [5.74, 6) is 0.149. The van der Waals surface area contributed by atoms with Crippen molar-refractivity contribution in [1.82, 2.24) is 5.32 Å². The molecular formula is C21H52IN2O4Si4+. The first-order valence-corrected chi connectivity index (χ1v) is 25.4. The van der Waals surface area contributed by atoms with Crippen molar-refractivity contribution < 1.29 is 21.6 Å². The molecule has 0 aliphatic carbocycles. The Labute approximate surface area is 217 Å². The minimum atomic E-state index is -2.80. The van der Waals surface area contributed by atoms with E-state index in [-0.39, 0.29) is 5.91 Å². The molecule has 0 aliphatic rings. The molecule has 0 aromatic rings. The Balaban J connectivity index is 4.79. The van der Waals surface area contributed by atoms with Gasteiger partial charge in [0.15, 0.2) is 25.0 Å². The molecule has 0 saturated heterocycles. The van der Waals surface area contributed by atoms with Crippen molar-refractivity contribution >= 4 is 62.3 Å². The van der Waals surface area contributed by atoms with Crippen LogP contribution in [0.1, 0.15) is 32.1 Å². The zero-order chi connectivity index (χ0) is 25.4. The van der Waals surface area contributed by atoms with E-state index in [1.54, 1.807) is 0 Å². The van der Waals surface area contributed by atoms with E-state index in [0.29, 0.717) is 17.0 Å². The summed E-state index contributed by atoms with van der Waals surface area (Å²) in [5.41, 5.74) is 0. The van der Waals surface area contributed by atoms with Crippen molar-refractivity contribution in [3.05, 3.63) is 0 Å². The molecular weight excluding hydrogens is 583 g/mol. The van der Waals surface area contributed by atoms with Crippen LogP contribution in [-0.4, -0.2) is 75.9 Å². The molecule has 0 heterocycles. The van der Waals surface area contributed by atoms with Crippen molar-refractivity contribution in [2.45, 2.75) is 101 Å². The zero-order valence-electron chi connectivity index (χ0n) is 23.0. The first-order chi connectivity index (χ1) is 14.1. The van der Waals surface area contributed by atoms with Crippen LogP contribution in [-0.2, 0) is 17.1 Å². The number of nitrogens with zero attached hydrogens (tertiary/aromatic N) is 1. The number of amides is 1. The van der Waals surface area contributed by atoms with Gasteiger partial charge < -0.3 is 22.1 Å². The Morgan fingerprint density at radius 3 is 1.62 bits per heavy atom. The summed E-state index contributed by atoms with van der Waals surface area (Å²) in [6, 6.07) is 0.770. The van der Waals surface area contributed by atoms with Gasteiger partial charge in [0.2, 0.25) is 5.91 Å². The van der Waals surface area contributed by atoms with Gasteiger partial charge >= 0.3 is 8.80 Å². The van der Waals surface area contributed by atoms with Crippen molar-refractivity contribution in [1.29, 1.82) is 0 Å². The van der Waals surface area contributed by atoms with Crippen LogP contribution in [0, 0.1) is 0 Å². The van der Waals surface area contributed by atoms with Crippen molar-refractivity contribution in [2.75, 3.05) is 27.7 Å². The smallest absolute Gasteiger partial charge is 0.417 e. The highest BCUT2D eigenvalue weighted by Crippen LogP contribution is 2.29. The number of hydrogen-bond donors (Lipinski definition) is 1. The number of rotatable bonds is 16. The zero-order valence-corrected chi connectivity index (χ0v) is 29.1. The number of nitrogens with one attached hydrogen (secondary N) is 1. The predicted octanol–water partition coefficient (Wildman–Crippen LogP) is 6.01. The second kappa shape index (κ2) is 13.3. The minimum absolute atomic E-state index is 0.149.